The van der Waals surface area contributed by atoms with Crippen LogP contribution in [0.3, 0.4) is 0 Å². The van der Waals surface area contributed by atoms with Crippen molar-refractivity contribution >= 4 is 74.0 Å². The third kappa shape index (κ3) is 11.2. The molecule has 3 aliphatic carbocycles. The van der Waals surface area contributed by atoms with Gasteiger partial charge in [-0.3, -0.25) is 70.8 Å². The molecule has 0 aliphatic heterocycles. The van der Waals surface area contributed by atoms with Crippen LogP contribution in [-0.2, 0) is 0 Å². The number of hydrogen-bond acceptors (Lipinski definition) is 20. The molecule has 0 fully saturated rings. The fraction of sp³-hybridized carbons (Fsp3) is 0.0476. The van der Waals surface area contributed by atoms with Gasteiger partial charge in [-0.1, -0.05) is 65.2 Å². The zero-order valence-electron chi connectivity index (χ0n) is 46.5. The molecule has 0 atom stereocenters. The first-order chi connectivity index (χ1) is 43.0. The van der Waals surface area contributed by atoms with Gasteiger partial charge in [-0.2, -0.15) is 15.8 Å². The van der Waals surface area contributed by atoms with Gasteiger partial charge in [-0.25, -0.2) is 15.0 Å². The molecule has 0 bridgehead atoms. The van der Waals surface area contributed by atoms with Crippen LogP contribution in [-0.4, -0.2) is 51.6 Å². The maximum absolute atomic E-state index is 11.7. The third-order valence-electron chi connectivity index (χ3n) is 14.4. The number of hydrogen-bond donors (Lipinski definition) is 0. The molecule has 0 amide bonds. The van der Waals surface area contributed by atoms with E-state index in [1.54, 1.807) is 78.9 Å². The van der Waals surface area contributed by atoms with Crippen LogP contribution in [0.2, 0.25) is 0 Å². The van der Waals surface area contributed by atoms with Gasteiger partial charge in [0.15, 0.2) is 0 Å². The van der Waals surface area contributed by atoms with E-state index in [1.807, 2.05) is 51.1 Å². The summed E-state index contributed by atoms with van der Waals surface area (Å²) in [5.74, 6) is 0. The van der Waals surface area contributed by atoms with Gasteiger partial charge in [0.1, 0.15) is 12.1 Å². The number of rotatable bonds is 10. The van der Waals surface area contributed by atoms with Crippen LogP contribution in [0.4, 0.5) is 56.9 Å². The first-order valence-electron chi connectivity index (χ1n) is 26.2. The first-order valence-corrected chi connectivity index (χ1v) is 26.2. The van der Waals surface area contributed by atoms with Gasteiger partial charge < -0.3 is 0 Å². The van der Waals surface area contributed by atoms with E-state index < -0.39 is 51.5 Å². The lowest BCUT2D eigenvalue weighted by Gasteiger charge is -2.04. The lowest BCUT2D eigenvalue weighted by molar-refractivity contribution is -0.394. The number of nitro groups is 7. The van der Waals surface area contributed by atoms with Crippen molar-refractivity contribution in [1.82, 2.24) is 0 Å². The minimum Gasteiger partial charge on any atom is -0.258 e. The highest BCUT2D eigenvalue weighted by molar-refractivity contribution is 6.28. The average Bonchev–Trinajstić information content (AvgIpc) is 1.61. The Hall–Kier alpha value is -13.7. The Balaban J connectivity index is 0.000000149. The summed E-state index contributed by atoms with van der Waals surface area (Å²) in [5, 5.41) is 108. The molecule has 0 aromatic heterocycles. The summed E-state index contributed by atoms with van der Waals surface area (Å²) in [6.07, 6.45) is 0. The minimum atomic E-state index is -0.702. The zero-order valence-corrected chi connectivity index (χ0v) is 46.5. The molecule has 27 nitrogen and oxygen atoms in total. The van der Waals surface area contributed by atoms with Crippen molar-refractivity contribution in [2.75, 3.05) is 0 Å². The minimum absolute atomic E-state index is 0.136. The fourth-order valence-electron chi connectivity index (χ4n) is 10.5. The van der Waals surface area contributed by atoms with Gasteiger partial charge in [-0.15, -0.1) is 0 Å². The summed E-state index contributed by atoms with van der Waals surface area (Å²) in [6.45, 7) is 5.58. The predicted molar refractivity (Wildman–Crippen MR) is 326 cm³/mol. The quantitative estimate of drug-likeness (QED) is 0.0906. The van der Waals surface area contributed by atoms with Crippen molar-refractivity contribution in [3.8, 4) is 51.6 Å². The number of aliphatic imine (C=N–C) groups is 3. The second-order valence-electron chi connectivity index (χ2n) is 20.1. The number of fused-ring (bicyclic) bond motifs is 9. The molecule has 12 rings (SSSR count). The summed E-state index contributed by atoms with van der Waals surface area (Å²) in [4.78, 5) is 89.4. The highest BCUT2D eigenvalue weighted by Gasteiger charge is 2.38. The van der Waals surface area contributed by atoms with Gasteiger partial charge in [0.25, 0.3) is 39.8 Å². The number of non-ortho nitro benzene ring substituents is 4. The lowest BCUT2D eigenvalue weighted by Crippen LogP contribution is -2.01. The summed E-state index contributed by atoms with van der Waals surface area (Å²) in [6, 6.07) is 45.3. The molecule has 0 spiro atoms. The molecular formula is C63H35N13O14. The van der Waals surface area contributed by atoms with Crippen LogP contribution < -0.4 is 0 Å². The van der Waals surface area contributed by atoms with Gasteiger partial charge in [0.05, 0.1) is 126 Å². The van der Waals surface area contributed by atoms with Crippen molar-refractivity contribution in [2.24, 2.45) is 15.0 Å². The summed E-state index contributed by atoms with van der Waals surface area (Å²) < 4.78 is 0. The van der Waals surface area contributed by atoms with Crippen molar-refractivity contribution < 1.29 is 34.5 Å². The number of nitrogens with zero attached hydrogens (tertiary/aromatic N) is 13. The molecule has 0 heterocycles. The van der Waals surface area contributed by atoms with Crippen LogP contribution in [0.25, 0.3) is 33.4 Å². The number of nitriles is 3. The Morgan fingerprint density at radius 1 is 0.311 bits per heavy atom. The highest BCUT2D eigenvalue weighted by atomic mass is 16.7. The van der Waals surface area contributed by atoms with E-state index in [1.165, 1.54) is 48.5 Å². The Bertz CT molecular complexity index is 5000. The van der Waals surface area contributed by atoms with Gasteiger partial charge in [-0.05, 0) is 98.1 Å². The molecule has 9 aromatic rings. The maximum atomic E-state index is 11.7. The van der Waals surface area contributed by atoms with Crippen molar-refractivity contribution in [3.63, 3.8) is 0 Å². The molecule has 90 heavy (non-hydrogen) atoms. The topological polar surface area (TPSA) is 410 Å². The second-order valence-corrected chi connectivity index (χ2v) is 20.1. The molecule has 9 aromatic carbocycles. The molecule has 0 radical (unpaired) electrons. The Morgan fingerprint density at radius 3 is 1.01 bits per heavy atom. The standard InChI is InChI=1S/C22H11N5O4.C21H12N4O4.C20H12N4O6/c1-12-2-5-17-18(6-12)22(25-15-4-3-13(10-23)14(7-15)11-24)19-8-16(26(28)29)9-20(21(17)19)27(30)31;1-12-5-6-16-17(7-12)21(23-14-4-2-3-13(8-14)11-22)18-9-15(24(26)27)10-19(20(16)18)25(28)29;1-11-5-6-15-16(7-11)20(21-12-3-2-4-13(8-12)22(25)26)17-9-14(23(27)28)10-18(19(15)17)24(29)30/h2-9H,1H3;2-10H,1H3;2-10H,1H3. The van der Waals surface area contributed by atoms with Crippen LogP contribution in [0.15, 0.2) is 173 Å². The molecule has 0 unspecified atom stereocenters. The van der Waals surface area contributed by atoms with E-state index in [0.717, 1.165) is 34.9 Å². The van der Waals surface area contributed by atoms with Gasteiger partial charge in [0.2, 0.25) is 0 Å². The van der Waals surface area contributed by atoms with Crippen molar-refractivity contribution in [3.05, 3.63) is 295 Å². The Kier molecular flexibility index (Phi) is 15.7. The van der Waals surface area contributed by atoms with E-state index in [-0.39, 0.29) is 67.5 Å². The predicted octanol–water partition coefficient (Wildman–Crippen LogP) is 14.4. The average molecular weight is 1200 g/mol. The summed E-state index contributed by atoms with van der Waals surface area (Å²) in [7, 11) is 0. The molecular weight excluding hydrogens is 1160 g/mol. The summed E-state index contributed by atoms with van der Waals surface area (Å²) >= 11 is 0. The Morgan fingerprint density at radius 2 is 0.667 bits per heavy atom. The molecule has 27 heteroatoms. The molecule has 3 aliphatic rings. The van der Waals surface area contributed by atoms with Crippen molar-refractivity contribution in [2.45, 2.75) is 20.8 Å². The van der Waals surface area contributed by atoms with Crippen LogP contribution in [0, 0.1) is 126 Å². The molecule has 436 valence electrons. The van der Waals surface area contributed by atoms with E-state index in [2.05, 4.69) is 15.0 Å². The SMILES string of the molecule is Cc1ccc2c(c1)C(=Nc1ccc(C#N)c(C#N)c1)c1cc([N+](=O)[O-])cc([N+](=O)[O-])c1-2.Cc1ccc2c(c1)C(=Nc1cccc(C#N)c1)c1cc([N+](=O)[O-])cc([N+](=O)[O-])c1-2.Cc1ccc2c(c1)C(=Nc1cccc([N+](=O)[O-])c1)c1cc([N+](=O)[O-])cc([N+](=O)[O-])c1-2. The van der Waals surface area contributed by atoms with E-state index in [9.17, 15) is 76.1 Å². The number of aryl methyl sites for hydroxylation is 3. The van der Waals surface area contributed by atoms with E-state index in [0.29, 0.717) is 72.9 Å². The lowest BCUT2D eigenvalue weighted by atomic mass is 10.0. The van der Waals surface area contributed by atoms with E-state index in [4.69, 9.17) is 10.5 Å². The van der Waals surface area contributed by atoms with Gasteiger partial charge >= 0.3 is 0 Å². The van der Waals surface area contributed by atoms with E-state index >= 15 is 0 Å². The molecule has 0 N–H and O–H groups in total. The zero-order chi connectivity index (χ0) is 64.6. The summed E-state index contributed by atoms with van der Waals surface area (Å²) in [5.41, 5.74) is 8.18. The molecule has 0 saturated heterocycles. The fourth-order valence-corrected chi connectivity index (χ4v) is 10.5. The normalized spacial score (nSPS) is 12.8. The van der Waals surface area contributed by atoms with Crippen LogP contribution in [0.1, 0.15) is 66.8 Å². The van der Waals surface area contributed by atoms with Gasteiger partial charge in [0, 0.05) is 63.7 Å². The van der Waals surface area contributed by atoms with Crippen molar-refractivity contribution in [1.29, 1.82) is 15.8 Å². The van der Waals surface area contributed by atoms with Crippen LogP contribution in [0.5, 0.6) is 0 Å². The highest BCUT2D eigenvalue weighted by Crippen LogP contribution is 2.49. The smallest absolute Gasteiger partial charge is 0.258 e. The monoisotopic (exact) mass is 1200 g/mol. The Labute approximate surface area is 505 Å². The number of benzene rings is 9. The second kappa shape index (κ2) is 23.7. The maximum Gasteiger partial charge on any atom is 0.284 e. The largest absolute Gasteiger partial charge is 0.284 e. The first kappa shape index (κ1) is 59.4. The van der Waals surface area contributed by atoms with Crippen LogP contribution >= 0.6 is 0 Å². The number of nitro benzene ring substituents is 7. The third-order valence-corrected chi connectivity index (χ3v) is 14.4. The molecule has 0 saturated carbocycles.